The smallest absolute Gasteiger partial charge is 0.416 e. The van der Waals surface area contributed by atoms with Crippen LogP contribution in [-0.4, -0.2) is 69.0 Å². The number of rotatable bonds is 8. The molecule has 0 aromatic heterocycles. The summed E-state index contributed by atoms with van der Waals surface area (Å²) in [5, 5.41) is 3.02. The first-order chi connectivity index (χ1) is 23.8. The van der Waals surface area contributed by atoms with Crippen molar-refractivity contribution in [2.45, 2.75) is 65.5 Å². The van der Waals surface area contributed by atoms with Gasteiger partial charge in [0.1, 0.15) is 0 Å². The van der Waals surface area contributed by atoms with Gasteiger partial charge in [-0.15, -0.1) is 0 Å². The highest BCUT2D eigenvalue weighted by Crippen LogP contribution is 2.40. The first kappa shape index (κ1) is 39.0. The van der Waals surface area contributed by atoms with Crippen molar-refractivity contribution in [1.82, 2.24) is 0 Å². The minimum Gasteiger partial charge on any atom is -0.416 e. The average Bonchev–Trinajstić information content (AvgIpc) is 3.02. The van der Waals surface area contributed by atoms with Gasteiger partial charge in [0, 0.05) is 20.7 Å². The lowest BCUT2D eigenvalue weighted by atomic mass is 10.4. The number of fused-ring (bicyclic) bond motifs is 2. The molecule has 0 amide bonds. The fourth-order valence-electron chi connectivity index (χ4n) is 6.32. The van der Waals surface area contributed by atoms with E-state index in [0.717, 1.165) is 20.7 Å². The zero-order valence-electron chi connectivity index (χ0n) is 31.2. The topological polar surface area (TPSA) is 83.1 Å². The fourth-order valence-corrected chi connectivity index (χ4v) is 44.0. The third kappa shape index (κ3) is 8.81. The Kier molecular flexibility index (Phi) is 10.8. The Balaban J connectivity index is 1.79. The summed E-state index contributed by atoms with van der Waals surface area (Å²) in [6.07, 6.45) is 0. The van der Waals surface area contributed by atoms with Gasteiger partial charge in [-0.2, -0.15) is 0 Å². The van der Waals surface area contributed by atoms with Gasteiger partial charge in [-0.3, -0.25) is 0 Å². The van der Waals surface area contributed by atoms with Gasteiger partial charge in [-0.25, -0.2) is 0 Å². The molecule has 2 aliphatic rings. The molecule has 2 fully saturated rings. The molecule has 2 bridgehead atoms. The van der Waals surface area contributed by atoms with Crippen LogP contribution in [0.15, 0.2) is 121 Å². The molecule has 2 heterocycles. The second-order valence-electron chi connectivity index (χ2n) is 15.6. The predicted octanol–water partition coefficient (Wildman–Crippen LogP) is 5.62. The molecule has 9 nitrogen and oxygen atoms in total. The Morgan fingerprint density at radius 2 is 0.647 bits per heavy atom. The molecule has 51 heavy (non-hydrogen) atoms. The molecule has 0 spiro atoms. The van der Waals surface area contributed by atoms with Crippen LogP contribution in [0.3, 0.4) is 0 Å². The van der Waals surface area contributed by atoms with Crippen LogP contribution in [0.1, 0.15) is 0 Å². The Bertz CT molecular complexity index is 1650. The predicted molar refractivity (Wildman–Crippen MR) is 219 cm³/mol. The maximum atomic E-state index is 7.83. The van der Waals surface area contributed by atoms with E-state index in [1.54, 1.807) is 0 Å². The Morgan fingerprint density at radius 3 is 0.941 bits per heavy atom. The van der Waals surface area contributed by atoms with Crippen molar-refractivity contribution in [1.29, 1.82) is 0 Å². The summed E-state index contributed by atoms with van der Waals surface area (Å²) in [5.74, 6) is 0. The number of hydrogen-bond acceptors (Lipinski definition) is 9. The van der Waals surface area contributed by atoms with E-state index in [9.17, 15) is 0 Å². The lowest BCUT2D eigenvalue weighted by Gasteiger charge is -2.55. The first-order valence-corrected chi connectivity index (χ1v) is 36.7. The molecule has 4 aromatic carbocycles. The number of benzene rings is 4. The second-order valence-corrected chi connectivity index (χ2v) is 43.8. The Morgan fingerprint density at radius 1 is 0.353 bits per heavy atom. The molecule has 272 valence electrons. The van der Waals surface area contributed by atoms with E-state index in [1.807, 2.05) is 148 Å². The van der Waals surface area contributed by atoms with E-state index in [2.05, 4.69) is 39.3 Å². The largest absolute Gasteiger partial charge is 0.514 e. The van der Waals surface area contributed by atoms with Gasteiger partial charge in [0.2, 0.25) is 0 Å². The van der Waals surface area contributed by atoms with E-state index >= 15 is 0 Å². The summed E-state index contributed by atoms with van der Waals surface area (Å²) in [5.41, 5.74) is 0. The van der Waals surface area contributed by atoms with E-state index in [4.69, 9.17) is 37.0 Å². The first-order valence-electron chi connectivity index (χ1n) is 17.3. The van der Waals surface area contributed by atoms with Crippen molar-refractivity contribution in [3.8, 4) is 0 Å². The van der Waals surface area contributed by atoms with Crippen LogP contribution in [0.25, 0.3) is 0 Å². The highest BCUT2D eigenvalue weighted by molar-refractivity contribution is 7.07. The molecule has 2 saturated heterocycles. The molecule has 4 unspecified atom stereocenters. The van der Waals surface area contributed by atoms with Gasteiger partial charge in [0.25, 0.3) is 0 Å². The Labute approximate surface area is 312 Å². The van der Waals surface area contributed by atoms with Crippen molar-refractivity contribution in [2.75, 3.05) is 0 Å². The molecule has 0 radical (unpaired) electrons. The van der Waals surface area contributed by atoms with Crippen molar-refractivity contribution in [2.24, 2.45) is 0 Å². The van der Waals surface area contributed by atoms with Crippen molar-refractivity contribution < 1.29 is 37.0 Å². The molecule has 0 aliphatic carbocycles. The van der Waals surface area contributed by atoms with Crippen LogP contribution >= 0.6 is 0 Å². The quantitative estimate of drug-likeness (QED) is 0.211. The molecule has 4 aromatic rings. The van der Waals surface area contributed by atoms with Crippen LogP contribution in [0.4, 0.5) is 0 Å². The molecule has 4 atom stereocenters. The number of hydrogen-bond donors (Lipinski definition) is 0. The molecular weight excluding hydrogens is 777 g/mol. The lowest BCUT2D eigenvalue weighted by Crippen LogP contribution is -2.86. The maximum absolute atomic E-state index is 7.83. The van der Waals surface area contributed by atoms with Crippen molar-refractivity contribution in [3.05, 3.63) is 121 Å². The van der Waals surface area contributed by atoms with Gasteiger partial charge in [0.05, 0.1) is 0 Å². The molecule has 2 aliphatic heterocycles. The summed E-state index contributed by atoms with van der Waals surface area (Å²) >= 11 is 0. The molecule has 0 N–H and O–H groups in total. The van der Waals surface area contributed by atoms with E-state index in [-0.39, 0.29) is 0 Å². The highest BCUT2D eigenvalue weighted by Gasteiger charge is 2.74. The average molecular weight is 827 g/mol. The van der Waals surface area contributed by atoms with Gasteiger partial charge < -0.3 is 37.0 Å². The summed E-state index contributed by atoms with van der Waals surface area (Å²) < 4.78 is 67.8. The third-order valence-electron chi connectivity index (χ3n) is 7.72. The van der Waals surface area contributed by atoms with Crippen LogP contribution < -0.4 is 20.7 Å². The fraction of sp³-hybridized carbons (Fsp3) is 0.294. The molecule has 17 heteroatoms. The van der Waals surface area contributed by atoms with Gasteiger partial charge >= 0.3 is 52.3 Å². The maximum Gasteiger partial charge on any atom is 0.514 e. The van der Waals surface area contributed by atoms with Crippen LogP contribution in [0.5, 0.6) is 0 Å². The minimum absolute atomic E-state index is 0.742. The second kappa shape index (κ2) is 14.2. The van der Waals surface area contributed by atoms with E-state index < -0.39 is 69.0 Å². The van der Waals surface area contributed by atoms with Gasteiger partial charge in [0.15, 0.2) is 16.6 Å². The van der Waals surface area contributed by atoms with E-state index in [0.29, 0.717) is 0 Å². The molecule has 0 saturated carbocycles. The third-order valence-corrected chi connectivity index (χ3v) is 37.5. The zero-order chi connectivity index (χ0) is 36.8. The summed E-state index contributed by atoms with van der Waals surface area (Å²) in [4.78, 5) is 0. The molecule has 6 rings (SSSR count). The van der Waals surface area contributed by atoms with Crippen molar-refractivity contribution >= 4 is 89.7 Å². The SMILES string of the molecule is C[Si](C)(C)O[Si]1(c2ccccc2)O[Si](O[Si](C)(C)C)(c2ccccc2)O[Si]2(c3ccccc3)O[Si](C)(C)O[Si](C)(C)O[Si](c3ccccc3)(O1)O2. The Hall–Kier alpha value is -1.74. The lowest BCUT2D eigenvalue weighted by molar-refractivity contribution is 0.0862. The monoisotopic (exact) mass is 826 g/mol. The minimum atomic E-state index is -4.18. The highest BCUT2D eigenvalue weighted by atomic mass is 28.6. The summed E-state index contributed by atoms with van der Waals surface area (Å²) in [6.45, 7) is 20.9. The van der Waals surface area contributed by atoms with Crippen LogP contribution in [0, 0.1) is 0 Å². The van der Waals surface area contributed by atoms with Crippen LogP contribution in [0.2, 0.25) is 65.5 Å². The van der Waals surface area contributed by atoms with Gasteiger partial charge in [-0.05, 0) is 65.5 Å². The van der Waals surface area contributed by atoms with Gasteiger partial charge in [-0.1, -0.05) is 121 Å². The van der Waals surface area contributed by atoms with Crippen LogP contribution in [-0.2, 0) is 37.0 Å². The summed E-state index contributed by atoms with van der Waals surface area (Å²) in [6, 6.07) is 39.7. The summed E-state index contributed by atoms with van der Waals surface area (Å²) in [7, 11) is -27.7. The molecular formula is C34H50O9Si8. The normalized spacial score (nSPS) is 29.6. The zero-order valence-corrected chi connectivity index (χ0v) is 39.2. The van der Waals surface area contributed by atoms with Crippen molar-refractivity contribution in [3.63, 3.8) is 0 Å². The van der Waals surface area contributed by atoms with E-state index in [1.165, 1.54) is 0 Å². The standard InChI is InChI=1S/C34H50O9Si8/c1-44(2,3)35-48(31-23-15-11-16-24-31)40-49(36-45(4,5)6,32-25-17-12-18-26-32)42-51(34-29-21-14-22-30-34)39-47(9,10)37-46(7,8)38-50(41-48,43-51)33-27-19-13-20-28-33/h11-30H,1-10H3.